The summed E-state index contributed by atoms with van der Waals surface area (Å²) in [6.07, 6.45) is 8.06. The molecule has 2 aliphatic rings. The smallest absolute Gasteiger partial charge is 0.231 e. The summed E-state index contributed by atoms with van der Waals surface area (Å²) in [6.45, 7) is 4.50. The first-order valence-electron chi connectivity index (χ1n) is 13.7. The summed E-state index contributed by atoms with van der Waals surface area (Å²) in [5.41, 5.74) is 3.81. The molecule has 9 heteroatoms. The molecule has 0 radical (unpaired) electrons. The first-order valence-corrected chi connectivity index (χ1v) is 13.7. The fourth-order valence-electron chi connectivity index (χ4n) is 5.28. The highest BCUT2D eigenvalue weighted by atomic mass is 16.5. The molecule has 0 amide bonds. The summed E-state index contributed by atoms with van der Waals surface area (Å²) >= 11 is 0. The zero-order valence-electron chi connectivity index (χ0n) is 21.7. The van der Waals surface area contributed by atoms with Crippen molar-refractivity contribution in [2.24, 2.45) is 0 Å². The average Bonchev–Trinajstić information content (AvgIpc) is 3.41. The molecule has 2 fully saturated rings. The van der Waals surface area contributed by atoms with E-state index in [4.69, 9.17) is 24.4 Å². The molecule has 198 valence electrons. The summed E-state index contributed by atoms with van der Waals surface area (Å²) in [5.74, 6) is 2.13. The molecule has 2 N–H and O–H groups in total. The molecule has 1 aliphatic carbocycles. The normalized spacial score (nSPS) is 16.5. The molecule has 3 heterocycles. The van der Waals surface area contributed by atoms with Crippen LogP contribution in [-0.4, -0.2) is 59.0 Å². The van der Waals surface area contributed by atoms with E-state index in [-0.39, 0.29) is 0 Å². The van der Waals surface area contributed by atoms with Gasteiger partial charge in [0.25, 0.3) is 0 Å². The number of morpholine rings is 1. The Kier molecular flexibility index (Phi) is 7.53. The topological polar surface area (TPSA) is 89.4 Å². The van der Waals surface area contributed by atoms with Crippen LogP contribution in [0.15, 0.2) is 60.9 Å². The molecular weight excluding hydrogens is 478 g/mol. The number of fused-ring (bicyclic) bond motifs is 1. The van der Waals surface area contributed by atoms with Gasteiger partial charge in [-0.2, -0.15) is 9.97 Å². The van der Waals surface area contributed by atoms with E-state index in [1.807, 2.05) is 36.7 Å². The number of nitrogens with zero attached hydrogens (tertiary/aromatic N) is 5. The molecular formula is C29H35N7O2. The number of imidazole rings is 1. The Morgan fingerprint density at radius 3 is 2.50 bits per heavy atom. The lowest BCUT2D eigenvalue weighted by molar-refractivity contribution is 0.122. The first kappa shape index (κ1) is 24.5. The second-order valence-corrected chi connectivity index (χ2v) is 9.87. The van der Waals surface area contributed by atoms with Crippen molar-refractivity contribution in [3.05, 3.63) is 60.9 Å². The lowest BCUT2D eigenvalue weighted by Crippen LogP contribution is -2.36. The van der Waals surface area contributed by atoms with Gasteiger partial charge in [-0.1, -0.05) is 37.5 Å². The van der Waals surface area contributed by atoms with Crippen LogP contribution in [0, 0.1) is 0 Å². The number of nitrogens with one attached hydrogen (secondary N) is 2. The predicted molar refractivity (Wildman–Crippen MR) is 151 cm³/mol. The molecule has 0 unspecified atom stereocenters. The second kappa shape index (κ2) is 11.7. The molecule has 2 aromatic heterocycles. The zero-order valence-corrected chi connectivity index (χ0v) is 21.7. The summed E-state index contributed by atoms with van der Waals surface area (Å²) in [6, 6.07) is 18.7. The third-order valence-electron chi connectivity index (χ3n) is 7.30. The Morgan fingerprint density at radius 1 is 0.921 bits per heavy atom. The third kappa shape index (κ3) is 5.67. The number of hydrogen-bond acceptors (Lipinski definition) is 8. The van der Waals surface area contributed by atoms with Crippen LogP contribution in [-0.2, 0) is 4.74 Å². The second-order valence-electron chi connectivity index (χ2n) is 9.87. The highest BCUT2D eigenvalue weighted by Gasteiger charge is 2.21. The third-order valence-corrected chi connectivity index (χ3v) is 7.30. The molecule has 0 spiro atoms. The van der Waals surface area contributed by atoms with Gasteiger partial charge < -0.3 is 29.6 Å². The van der Waals surface area contributed by atoms with E-state index in [2.05, 4.69) is 44.4 Å². The molecule has 0 atom stereocenters. The minimum atomic E-state index is 0.429. The molecule has 4 aromatic rings. The lowest BCUT2D eigenvalue weighted by Gasteiger charge is -2.28. The molecule has 2 aromatic carbocycles. The number of aromatic nitrogens is 4. The molecule has 0 bridgehead atoms. The average molecular weight is 514 g/mol. The molecule has 1 aliphatic heterocycles. The number of ether oxygens (including phenoxy) is 2. The van der Waals surface area contributed by atoms with Gasteiger partial charge in [0.2, 0.25) is 5.95 Å². The van der Waals surface area contributed by atoms with Crippen molar-refractivity contribution < 1.29 is 9.47 Å². The monoisotopic (exact) mass is 513 g/mol. The van der Waals surface area contributed by atoms with Crippen LogP contribution in [0.3, 0.4) is 0 Å². The van der Waals surface area contributed by atoms with E-state index in [0.29, 0.717) is 31.0 Å². The number of para-hydroxylation sites is 1. The van der Waals surface area contributed by atoms with Crippen LogP contribution in [0.4, 0.5) is 23.1 Å². The summed E-state index contributed by atoms with van der Waals surface area (Å²) in [7, 11) is 0. The summed E-state index contributed by atoms with van der Waals surface area (Å²) in [5, 5.41) is 6.87. The van der Waals surface area contributed by atoms with E-state index >= 15 is 0 Å². The van der Waals surface area contributed by atoms with Crippen LogP contribution in [0.25, 0.3) is 11.2 Å². The van der Waals surface area contributed by atoms with Gasteiger partial charge in [-0.15, -0.1) is 0 Å². The van der Waals surface area contributed by atoms with Crippen molar-refractivity contribution in [2.45, 2.75) is 38.1 Å². The van der Waals surface area contributed by atoms with Crippen molar-refractivity contribution >= 4 is 34.3 Å². The quantitative estimate of drug-likeness (QED) is 0.288. The Bertz CT molecular complexity index is 1310. The predicted octanol–water partition coefficient (Wildman–Crippen LogP) is 5.40. The van der Waals surface area contributed by atoms with Crippen LogP contribution in [0.5, 0.6) is 5.75 Å². The Morgan fingerprint density at radius 2 is 1.71 bits per heavy atom. The molecule has 38 heavy (non-hydrogen) atoms. The van der Waals surface area contributed by atoms with Crippen molar-refractivity contribution in [3.63, 3.8) is 0 Å². The minimum Gasteiger partial charge on any atom is -0.492 e. The van der Waals surface area contributed by atoms with E-state index in [1.54, 1.807) is 0 Å². The van der Waals surface area contributed by atoms with Gasteiger partial charge in [-0.05, 0) is 49.2 Å². The van der Waals surface area contributed by atoms with Gasteiger partial charge in [0.1, 0.15) is 12.4 Å². The van der Waals surface area contributed by atoms with E-state index in [9.17, 15) is 0 Å². The maximum Gasteiger partial charge on any atom is 0.231 e. The van der Waals surface area contributed by atoms with Gasteiger partial charge >= 0.3 is 0 Å². The molecule has 1 saturated carbocycles. The summed E-state index contributed by atoms with van der Waals surface area (Å²) in [4.78, 5) is 16.8. The first-order chi connectivity index (χ1) is 18.8. The fraction of sp³-hybridized carbons (Fsp3) is 0.414. The highest BCUT2D eigenvalue weighted by molar-refractivity contribution is 5.85. The van der Waals surface area contributed by atoms with Crippen LogP contribution < -0.4 is 20.3 Å². The van der Waals surface area contributed by atoms with Crippen LogP contribution in [0.2, 0.25) is 0 Å². The van der Waals surface area contributed by atoms with Gasteiger partial charge in [0.05, 0.1) is 26.1 Å². The Balaban J connectivity index is 1.22. The standard InChI is InChI=1S/C29H35N7O2/c1-3-7-24(8-4-1)36-21-31-26-27(30-15-18-38-25-9-5-2-6-10-25)33-29(34-28(26)36)32-22-11-13-23(14-12-22)35-16-19-37-20-17-35/h2,5-6,9-14,21,24H,1,3-4,7-8,15-20H2,(H2,30,32,33,34). The Hall–Kier alpha value is -3.85. The minimum absolute atomic E-state index is 0.429. The number of rotatable bonds is 9. The van der Waals surface area contributed by atoms with Gasteiger partial charge in [-0.25, -0.2) is 4.98 Å². The SMILES string of the molecule is c1ccc(OCCNc2nc(Nc3ccc(N4CCOCC4)cc3)nc3c2ncn3C2CCCCC2)cc1. The maximum atomic E-state index is 5.87. The van der Waals surface area contributed by atoms with Crippen molar-refractivity contribution in [3.8, 4) is 5.75 Å². The van der Waals surface area contributed by atoms with Gasteiger partial charge in [-0.3, -0.25) is 0 Å². The zero-order chi connectivity index (χ0) is 25.6. The Labute approximate surface area is 223 Å². The highest BCUT2D eigenvalue weighted by Crippen LogP contribution is 2.32. The van der Waals surface area contributed by atoms with Crippen molar-refractivity contribution in [1.82, 2.24) is 19.5 Å². The summed E-state index contributed by atoms with van der Waals surface area (Å²) < 4.78 is 13.6. The number of anilines is 4. The largest absolute Gasteiger partial charge is 0.492 e. The fourth-order valence-corrected chi connectivity index (χ4v) is 5.28. The van der Waals surface area contributed by atoms with E-state index in [0.717, 1.165) is 61.7 Å². The molecule has 6 rings (SSSR count). The van der Waals surface area contributed by atoms with Gasteiger partial charge in [0.15, 0.2) is 17.0 Å². The van der Waals surface area contributed by atoms with Crippen molar-refractivity contribution in [2.75, 3.05) is 55.0 Å². The van der Waals surface area contributed by atoms with Crippen LogP contribution in [0.1, 0.15) is 38.1 Å². The van der Waals surface area contributed by atoms with Gasteiger partial charge in [0, 0.05) is 30.5 Å². The van der Waals surface area contributed by atoms with Crippen molar-refractivity contribution in [1.29, 1.82) is 0 Å². The van der Waals surface area contributed by atoms with Crippen LogP contribution >= 0.6 is 0 Å². The number of hydrogen-bond donors (Lipinski definition) is 2. The maximum absolute atomic E-state index is 5.87. The van der Waals surface area contributed by atoms with E-state index in [1.165, 1.54) is 24.9 Å². The molecule has 9 nitrogen and oxygen atoms in total. The number of benzene rings is 2. The van der Waals surface area contributed by atoms with E-state index < -0.39 is 0 Å². The molecule has 1 saturated heterocycles. The lowest BCUT2D eigenvalue weighted by atomic mass is 9.95.